The van der Waals surface area contributed by atoms with Crippen LogP contribution in [0.15, 0.2) is 30.6 Å². The predicted molar refractivity (Wildman–Crippen MR) is 101 cm³/mol. The number of nitrogens with zero attached hydrogens (tertiary/aromatic N) is 4. The molecule has 0 spiro atoms. The van der Waals surface area contributed by atoms with Crippen LogP contribution in [0.5, 0.6) is 11.5 Å². The summed E-state index contributed by atoms with van der Waals surface area (Å²) in [6, 6.07) is 6.05. The minimum absolute atomic E-state index is 0.0602. The molecule has 1 amide bonds. The first-order chi connectivity index (χ1) is 12.9. The van der Waals surface area contributed by atoms with Crippen LogP contribution in [0, 0.1) is 0 Å². The normalized spacial score (nSPS) is 17.4. The van der Waals surface area contributed by atoms with E-state index in [1.165, 1.54) is 5.56 Å². The largest absolute Gasteiger partial charge is 0.454 e. The molecule has 3 heterocycles. The van der Waals surface area contributed by atoms with E-state index in [0.717, 1.165) is 31.1 Å². The maximum atomic E-state index is 13.0. The van der Waals surface area contributed by atoms with Crippen molar-refractivity contribution >= 4 is 17.5 Å². The van der Waals surface area contributed by atoms with Crippen LogP contribution < -0.4 is 9.47 Å². The van der Waals surface area contributed by atoms with E-state index in [9.17, 15) is 4.79 Å². The molecule has 0 unspecified atom stereocenters. The second-order valence-electron chi connectivity index (χ2n) is 7.42. The van der Waals surface area contributed by atoms with Gasteiger partial charge in [-0.2, -0.15) is 5.10 Å². The Kier molecular flexibility index (Phi) is 4.74. The molecule has 27 heavy (non-hydrogen) atoms. The number of hydrogen-bond acceptors (Lipinski definition) is 5. The summed E-state index contributed by atoms with van der Waals surface area (Å²) < 4.78 is 12.4. The van der Waals surface area contributed by atoms with Gasteiger partial charge in [-0.05, 0) is 31.5 Å². The molecular weight excluding hydrogens is 368 g/mol. The molecule has 2 aliphatic rings. The van der Waals surface area contributed by atoms with Gasteiger partial charge in [0.2, 0.25) is 12.7 Å². The summed E-state index contributed by atoms with van der Waals surface area (Å²) in [5.41, 5.74) is 0.428. The Morgan fingerprint density at radius 3 is 2.63 bits per heavy atom. The minimum atomic E-state index is -0.757. The standard InChI is InChI=1S/C19H23ClN4O3/c1-19(2,24-12-15(20)10-21-24)18(25)23-7-5-22(6-8-23)11-14-3-4-16-17(9-14)27-13-26-16/h3-4,9-10,12H,5-8,11,13H2,1-2H3. The van der Waals surface area contributed by atoms with Crippen molar-refractivity contribution in [1.82, 2.24) is 19.6 Å². The highest BCUT2D eigenvalue weighted by atomic mass is 35.5. The molecule has 1 saturated heterocycles. The number of piperazine rings is 1. The second-order valence-corrected chi connectivity index (χ2v) is 7.85. The maximum Gasteiger partial charge on any atom is 0.250 e. The van der Waals surface area contributed by atoms with Gasteiger partial charge >= 0.3 is 0 Å². The summed E-state index contributed by atoms with van der Waals surface area (Å²) in [7, 11) is 0. The highest BCUT2D eigenvalue weighted by molar-refractivity contribution is 6.30. The van der Waals surface area contributed by atoms with Crippen molar-refractivity contribution in [3.8, 4) is 11.5 Å². The number of halogens is 1. The van der Waals surface area contributed by atoms with Crippen LogP contribution in [-0.2, 0) is 16.9 Å². The summed E-state index contributed by atoms with van der Waals surface area (Å²) in [6.07, 6.45) is 3.25. The van der Waals surface area contributed by atoms with Crippen LogP contribution in [0.3, 0.4) is 0 Å². The average Bonchev–Trinajstić information content (AvgIpc) is 3.30. The van der Waals surface area contributed by atoms with Crippen LogP contribution >= 0.6 is 11.6 Å². The Balaban J connectivity index is 1.35. The Hall–Kier alpha value is -2.25. The van der Waals surface area contributed by atoms with Gasteiger partial charge < -0.3 is 14.4 Å². The molecule has 144 valence electrons. The van der Waals surface area contributed by atoms with Gasteiger partial charge in [0.05, 0.1) is 11.2 Å². The SMILES string of the molecule is CC(C)(C(=O)N1CCN(Cc2ccc3c(c2)OCO3)CC1)n1cc(Cl)cn1. The number of hydrogen-bond donors (Lipinski definition) is 0. The fourth-order valence-electron chi connectivity index (χ4n) is 3.50. The Morgan fingerprint density at radius 1 is 1.19 bits per heavy atom. The van der Waals surface area contributed by atoms with Crippen LogP contribution in [0.2, 0.25) is 5.02 Å². The highest BCUT2D eigenvalue weighted by Crippen LogP contribution is 2.33. The number of carbonyl (C=O) groups excluding carboxylic acids is 1. The molecule has 0 N–H and O–H groups in total. The van der Waals surface area contributed by atoms with E-state index in [1.54, 1.807) is 17.1 Å². The van der Waals surface area contributed by atoms with Gasteiger partial charge in [0, 0.05) is 38.9 Å². The zero-order chi connectivity index (χ0) is 19.0. The topological polar surface area (TPSA) is 59.8 Å². The monoisotopic (exact) mass is 390 g/mol. The lowest BCUT2D eigenvalue weighted by molar-refractivity contribution is -0.141. The highest BCUT2D eigenvalue weighted by Gasteiger charge is 2.36. The van der Waals surface area contributed by atoms with Crippen LogP contribution in [0.4, 0.5) is 0 Å². The lowest BCUT2D eigenvalue weighted by Crippen LogP contribution is -2.54. The molecule has 2 aliphatic heterocycles. The van der Waals surface area contributed by atoms with Gasteiger partial charge in [0.15, 0.2) is 11.5 Å². The van der Waals surface area contributed by atoms with Crippen LogP contribution in [0.1, 0.15) is 19.4 Å². The van der Waals surface area contributed by atoms with Crippen molar-refractivity contribution < 1.29 is 14.3 Å². The van der Waals surface area contributed by atoms with Crippen molar-refractivity contribution in [2.45, 2.75) is 25.9 Å². The number of fused-ring (bicyclic) bond motifs is 1. The molecule has 7 nitrogen and oxygen atoms in total. The molecule has 0 saturated carbocycles. The lowest BCUT2D eigenvalue weighted by atomic mass is 10.0. The molecule has 0 radical (unpaired) electrons. The first-order valence-corrected chi connectivity index (χ1v) is 9.42. The predicted octanol–water partition coefficient (Wildman–Crippen LogP) is 2.34. The molecule has 0 bridgehead atoms. The Bertz CT molecular complexity index is 843. The Morgan fingerprint density at radius 2 is 1.93 bits per heavy atom. The number of rotatable bonds is 4. The second kappa shape index (κ2) is 7.05. The van der Waals surface area contributed by atoms with Gasteiger partial charge in [0.25, 0.3) is 0 Å². The molecule has 8 heteroatoms. The number of amides is 1. The molecule has 0 aliphatic carbocycles. The van der Waals surface area contributed by atoms with Gasteiger partial charge in [0.1, 0.15) is 5.54 Å². The summed E-state index contributed by atoms with van der Waals surface area (Å²) in [5, 5.41) is 4.74. The molecule has 1 aromatic heterocycles. The lowest BCUT2D eigenvalue weighted by Gasteiger charge is -2.38. The van der Waals surface area contributed by atoms with Crippen LogP contribution in [-0.4, -0.2) is 58.5 Å². The molecular formula is C19H23ClN4O3. The molecule has 1 fully saturated rings. The van der Waals surface area contributed by atoms with E-state index in [0.29, 0.717) is 18.1 Å². The number of aromatic nitrogens is 2. The fraction of sp³-hybridized carbons (Fsp3) is 0.474. The number of ether oxygens (including phenoxy) is 2. The molecule has 0 atom stereocenters. The van der Waals surface area contributed by atoms with Crippen molar-refractivity contribution in [2.75, 3.05) is 33.0 Å². The minimum Gasteiger partial charge on any atom is -0.454 e. The van der Waals surface area contributed by atoms with E-state index in [4.69, 9.17) is 21.1 Å². The fourth-order valence-corrected chi connectivity index (χ4v) is 3.63. The zero-order valence-electron chi connectivity index (χ0n) is 15.5. The summed E-state index contributed by atoms with van der Waals surface area (Å²) in [6.45, 7) is 7.92. The molecule has 4 rings (SSSR count). The van der Waals surface area contributed by atoms with E-state index in [-0.39, 0.29) is 12.7 Å². The number of benzene rings is 1. The molecule has 1 aromatic carbocycles. The van der Waals surface area contributed by atoms with Crippen LogP contribution in [0.25, 0.3) is 0 Å². The first kappa shape index (κ1) is 18.1. The van der Waals surface area contributed by atoms with E-state index < -0.39 is 5.54 Å². The van der Waals surface area contributed by atoms with Crippen molar-refractivity contribution in [3.63, 3.8) is 0 Å². The van der Waals surface area contributed by atoms with E-state index in [2.05, 4.69) is 16.1 Å². The third-order valence-corrected chi connectivity index (χ3v) is 5.35. The third kappa shape index (κ3) is 3.61. The van der Waals surface area contributed by atoms with Crippen molar-refractivity contribution in [1.29, 1.82) is 0 Å². The zero-order valence-corrected chi connectivity index (χ0v) is 16.3. The summed E-state index contributed by atoms with van der Waals surface area (Å²) in [5.74, 6) is 1.67. The van der Waals surface area contributed by atoms with Crippen molar-refractivity contribution in [3.05, 3.63) is 41.2 Å². The summed E-state index contributed by atoms with van der Waals surface area (Å²) in [4.78, 5) is 17.3. The van der Waals surface area contributed by atoms with Gasteiger partial charge in [-0.1, -0.05) is 17.7 Å². The van der Waals surface area contributed by atoms with Gasteiger partial charge in [-0.15, -0.1) is 0 Å². The average molecular weight is 391 g/mol. The quantitative estimate of drug-likeness (QED) is 0.802. The Labute approximate surface area is 163 Å². The summed E-state index contributed by atoms with van der Waals surface area (Å²) >= 11 is 5.96. The third-order valence-electron chi connectivity index (χ3n) is 5.15. The van der Waals surface area contributed by atoms with Gasteiger partial charge in [-0.25, -0.2) is 0 Å². The smallest absolute Gasteiger partial charge is 0.250 e. The number of carbonyl (C=O) groups is 1. The van der Waals surface area contributed by atoms with Gasteiger partial charge in [-0.3, -0.25) is 14.4 Å². The maximum absolute atomic E-state index is 13.0. The molecule has 2 aromatic rings. The van der Waals surface area contributed by atoms with Crippen molar-refractivity contribution in [2.24, 2.45) is 0 Å². The van der Waals surface area contributed by atoms with E-state index in [1.807, 2.05) is 30.9 Å². The van der Waals surface area contributed by atoms with E-state index >= 15 is 0 Å². The first-order valence-electron chi connectivity index (χ1n) is 9.04.